The lowest BCUT2D eigenvalue weighted by Gasteiger charge is -2.26. The van der Waals surface area contributed by atoms with Crippen LogP contribution >= 0.6 is 0 Å². The number of aromatic nitrogens is 2. The fourth-order valence-corrected chi connectivity index (χ4v) is 2.76. The van der Waals surface area contributed by atoms with E-state index in [0.29, 0.717) is 17.9 Å². The predicted molar refractivity (Wildman–Crippen MR) is 59.7 cm³/mol. The zero-order chi connectivity index (χ0) is 11.0. The molecule has 0 unspecified atom stereocenters. The van der Waals surface area contributed by atoms with Gasteiger partial charge in [0.25, 0.3) is 0 Å². The van der Waals surface area contributed by atoms with E-state index in [9.17, 15) is 4.79 Å². The van der Waals surface area contributed by atoms with Gasteiger partial charge >= 0.3 is 0 Å². The summed E-state index contributed by atoms with van der Waals surface area (Å²) in [5, 5.41) is 3.01. The molecule has 0 bridgehead atoms. The van der Waals surface area contributed by atoms with Crippen molar-refractivity contribution in [3.05, 3.63) is 18.2 Å². The lowest BCUT2D eigenvalue weighted by Crippen LogP contribution is -2.31. The highest BCUT2D eigenvalue weighted by Crippen LogP contribution is 2.65. The van der Waals surface area contributed by atoms with Gasteiger partial charge in [0.2, 0.25) is 5.91 Å². The Morgan fingerprint density at radius 1 is 1.62 bits per heavy atom. The number of nitrogens with one attached hydrogen (secondary N) is 2. The average molecular weight is 219 g/mol. The van der Waals surface area contributed by atoms with E-state index in [0.717, 1.165) is 18.7 Å². The fraction of sp³-hybridized carbons (Fsp3) is 0.667. The van der Waals surface area contributed by atoms with Gasteiger partial charge in [-0.25, -0.2) is 4.98 Å². The number of carbonyl (C=O) groups is 1. The smallest absolute Gasteiger partial charge is 0.223 e. The van der Waals surface area contributed by atoms with E-state index in [-0.39, 0.29) is 5.91 Å². The molecule has 4 heteroatoms. The monoisotopic (exact) mass is 219 g/mol. The third-order valence-electron chi connectivity index (χ3n) is 4.07. The van der Waals surface area contributed by atoms with Gasteiger partial charge in [0.1, 0.15) is 5.82 Å². The molecular formula is C12H17N3O. The number of amides is 1. The molecular weight excluding hydrogens is 202 g/mol. The maximum atomic E-state index is 11.8. The number of hydrogen-bond donors (Lipinski definition) is 2. The molecule has 1 heterocycles. The van der Waals surface area contributed by atoms with Crippen LogP contribution in [0.15, 0.2) is 12.4 Å². The van der Waals surface area contributed by atoms with Crippen LogP contribution < -0.4 is 5.32 Å². The van der Waals surface area contributed by atoms with Crippen LogP contribution in [0.25, 0.3) is 0 Å². The molecule has 2 fully saturated rings. The van der Waals surface area contributed by atoms with Crippen molar-refractivity contribution in [1.29, 1.82) is 0 Å². The molecule has 1 amide bonds. The van der Waals surface area contributed by atoms with Gasteiger partial charge in [0, 0.05) is 31.3 Å². The van der Waals surface area contributed by atoms with Crippen molar-refractivity contribution in [2.45, 2.75) is 32.1 Å². The average Bonchev–Trinajstić information content (AvgIpc) is 2.82. The largest absolute Gasteiger partial charge is 0.355 e. The van der Waals surface area contributed by atoms with Crippen LogP contribution in [-0.2, 0) is 11.2 Å². The van der Waals surface area contributed by atoms with Crippen molar-refractivity contribution in [3.63, 3.8) is 0 Å². The molecule has 1 spiro atoms. The normalized spacial score (nSPS) is 25.1. The minimum absolute atomic E-state index is 0.256. The number of rotatable bonds is 4. The second-order valence-electron chi connectivity index (χ2n) is 5.05. The van der Waals surface area contributed by atoms with Crippen LogP contribution in [0, 0.1) is 11.3 Å². The number of nitrogens with zero attached hydrogens (tertiary/aromatic N) is 1. The Kier molecular flexibility index (Phi) is 2.23. The van der Waals surface area contributed by atoms with Gasteiger partial charge in [-0.15, -0.1) is 0 Å². The molecule has 2 saturated carbocycles. The summed E-state index contributed by atoms with van der Waals surface area (Å²) in [7, 11) is 0. The van der Waals surface area contributed by atoms with E-state index in [4.69, 9.17) is 0 Å². The number of aromatic amines is 1. The first-order chi connectivity index (χ1) is 7.80. The summed E-state index contributed by atoms with van der Waals surface area (Å²) in [6.45, 7) is 0.693. The summed E-state index contributed by atoms with van der Waals surface area (Å²) in [6, 6.07) is 0. The maximum Gasteiger partial charge on any atom is 0.223 e. The van der Waals surface area contributed by atoms with Crippen LogP contribution in [-0.4, -0.2) is 22.4 Å². The molecule has 2 aliphatic carbocycles. The van der Waals surface area contributed by atoms with Gasteiger partial charge in [0.15, 0.2) is 0 Å². The number of imidazole rings is 1. The molecule has 0 aliphatic heterocycles. The molecule has 0 aromatic carbocycles. The molecule has 2 aliphatic rings. The minimum atomic E-state index is 0.256. The first-order valence-electron chi connectivity index (χ1n) is 6.06. The van der Waals surface area contributed by atoms with Crippen molar-refractivity contribution < 1.29 is 4.79 Å². The van der Waals surface area contributed by atoms with Crippen molar-refractivity contribution in [2.75, 3.05) is 6.54 Å². The Balaban J connectivity index is 1.41. The van der Waals surface area contributed by atoms with Gasteiger partial charge in [-0.1, -0.05) is 6.42 Å². The van der Waals surface area contributed by atoms with Gasteiger partial charge in [-0.2, -0.15) is 0 Å². The van der Waals surface area contributed by atoms with Crippen molar-refractivity contribution in [2.24, 2.45) is 11.3 Å². The van der Waals surface area contributed by atoms with Crippen LogP contribution in [0.5, 0.6) is 0 Å². The molecule has 0 radical (unpaired) electrons. The minimum Gasteiger partial charge on any atom is -0.355 e. The Morgan fingerprint density at radius 2 is 2.50 bits per heavy atom. The summed E-state index contributed by atoms with van der Waals surface area (Å²) < 4.78 is 0. The number of hydrogen-bond acceptors (Lipinski definition) is 2. The Labute approximate surface area is 94.8 Å². The molecule has 86 valence electrons. The summed E-state index contributed by atoms with van der Waals surface area (Å²) in [6.07, 6.45) is 9.31. The summed E-state index contributed by atoms with van der Waals surface area (Å²) >= 11 is 0. The lowest BCUT2D eigenvalue weighted by atomic mass is 9.80. The van der Waals surface area contributed by atoms with Crippen molar-refractivity contribution in [1.82, 2.24) is 15.3 Å². The first-order valence-corrected chi connectivity index (χ1v) is 6.06. The van der Waals surface area contributed by atoms with Gasteiger partial charge in [-0.3, -0.25) is 4.79 Å². The van der Waals surface area contributed by atoms with Gasteiger partial charge < -0.3 is 10.3 Å². The Morgan fingerprint density at radius 3 is 3.06 bits per heavy atom. The molecule has 1 atom stereocenters. The van der Waals surface area contributed by atoms with Crippen LogP contribution in [0.1, 0.15) is 31.5 Å². The lowest BCUT2D eigenvalue weighted by molar-refractivity contribution is -0.123. The van der Waals surface area contributed by atoms with Gasteiger partial charge in [0.05, 0.1) is 0 Å². The van der Waals surface area contributed by atoms with Gasteiger partial charge in [-0.05, 0) is 24.7 Å². The topological polar surface area (TPSA) is 57.8 Å². The number of carbonyl (C=O) groups excluding carboxylic acids is 1. The zero-order valence-electron chi connectivity index (χ0n) is 9.33. The summed E-state index contributed by atoms with van der Waals surface area (Å²) in [5.74, 6) is 1.51. The molecule has 2 N–H and O–H groups in total. The third-order valence-corrected chi connectivity index (χ3v) is 4.07. The Hall–Kier alpha value is -1.32. The molecule has 3 rings (SSSR count). The first kappa shape index (κ1) is 9.87. The molecule has 1 aromatic heterocycles. The van der Waals surface area contributed by atoms with E-state index >= 15 is 0 Å². The standard InChI is InChI=1S/C12H17N3O/c16-11(9-8-12(9)3-1-4-12)15-5-2-10-13-6-7-14-10/h6-7,9H,1-5,8H2,(H,13,14)(H,15,16)/t9-/m0/s1. The van der Waals surface area contributed by atoms with Crippen LogP contribution in [0.3, 0.4) is 0 Å². The van der Waals surface area contributed by atoms with E-state index in [1.54, 1.807) is 12.4 Å². The van der Waals surface area contributed by atoms with E-state index in [1.807, 2.05) is 0 Å². The third kappa shape index (κ3) is 1.62. The second kappa shape index (κ2) is 3.61. The number of H-pyrrole nitrogens is 1. The highest BCUT2D eigenvalue weighted by molar-refractivity contribution is 5.82. The van der Waals surface area contributed by atoms with Crippen LogP contribution in [0.2, 0.25) is 0 Å². The molecule has 0 saturated heterocycles. The predicted octanol–water partition coefficient (Wildman–Crippen LogP) is 1.26. The molecule has 16 heavy (non-hydrogen) atoms. The van der Waals surface area contributed by atoms with E-state index in [1.165, 1.54) is 19.3 Å². The van der Waals surface area contributed by atoms with Crippen molar-refractivity contribution >= 4 is 5.91 Å². The van der Waals surface area contributed by atoms with Crippen molar-refractivity contribution in [3.8, 4) is 0 Å². The quantitative estimate of drug-likeness (QED) is 0.801. The maximum absolute atomic E-state index is 11.8. The summed E-state index contributed by atoms with van der Waals surface area (Å²) in [5.41, 5.74) is 0.439. The molecule has 1 aromatic rings. The fourth-order valence-electron chi connectivity index (χ4n) is 2.76. The highest BCUT2D eigenvalue weighted by atomic mass is 16.2. The second-order valence-corrected chi connectivity index (χ2v) is 5.05. The van der Waals surface area contributed by atoms with Crippen LogP contribution in [0.4, 0.5) is 0 Å². The Bertz CT molecular complexity index is 381. The van der Waals surface area contributed by atoms with E-state index in [2.05, 4.69) is 15.3 Å². The zero-order valence-corrected chi connectivity index (χ0v) is 9.33. The summed E-state index contributed by atoms with van der Waals surface area (Å²) in [4.78, 5) is 19.0. The molecule has 4 nitrogen and oxygen atoms in total. The highest BCUT2D eigenvalue weighted by Gasteiger charge is 2.60. The van der Waals surface area contributed by atoms with E-state index < -0.39 is 0 Å². The SMILES string of the molecule is O=C(NCCc1ncc[nH]1)[C@@H]1CC12CCC2.